The van der Waals surface area contributed by atoms with Crippen molar-refractivity contribution in [2.45, 2.75) is 20.8 Å². The number of benzene rings is 2. The summed E-state index contributed by atoms with van der Waals surface area (Å²) in [5, 5.41) is 5.90. The van der Waals surface area contributed by atoms with Gasteiger partial charge in [-0.25, -0.2) is 4.79 Å². The number of nitrogens with zero attached hydrogens (tertiary/aromatic N) is 1. The fourth-order valence-corrected chi connectivity index (χ4v) is 2.87. The topological polar surface area (TPSA) is 70.7 Å². The molecule has 0 saturated carbocycles. The predicted molar refractivity (Wildman–Crippen MR) is 110 cm³/mol. The van der Waals surface area contributed by atoms with Crippen molar-refractivity contribution in [2.24, 2.45) is 0 Å². The maximum atomic E-state index is 12.3. The molecule has 0 fully saturated rings. The van der Waals surface area contributed by atoms with Crippen LogP contribution in [0.5, 0.6) is 0 Å². The smallest absolute Gasteiger partial charge is 0.339 e. The Morgan fingerprint density at radius 3 is 2.37 bits per heavy atom. The van der Waals surface area contributed by atoms with Crippen LogP contribution in [0.4, 0.5) is 17.1 Å². The first-order valence-electron chi connectivity index (χ1n) is 9.06. The van der Waals surface area contributed by atoms with Crippen LogP contribution in [0.25, 0.3) is 0 Å². The van der Waals surface area contributed by atoms with Crippen molar-refractivity contribution >= 4 is 28.9 Å². The van der Waals surface area contributed by atoms with Gasteiger partial charge in [0.15, 0.2) is 0 Å². The van der Waals surface area contributed by atoms with Crippen LogP contribution in [0.15, 0.2) is 42.5 Å². The van der Waals surface area contributed by atoms with Crippen LogP contribution in [0.1, 0.15) is 29.8 Å². The van der Waals surface area contributed by atoms with Gasteiger partial charge in [0.05, 0.1) is 19.2 Å². The van der Waals surface area contributed by atoms with Crippen LogP contribution in [0.2, 0.25) is 0 Å². The molecule has 1 amide bonds. The van der Waals surface area contributed by atoms with Gasteiger partial charge in [-0.15, -0.1) is 0 Å². The molecule has 6 heteroatoms. The number of carbonyl (C=O) groups excluding carboxylic acids is 2. The highest BCUT2D eigenvalue weighted by Gasteiger charge is 2.12. The lowest BCUT2D eigenvalue weighted by Gasteiger charge is -2.22. The van der Waals surface area contributed by atoms with Gasteiger partial charge in [-0.2, -0.15) is 0 Å². The molecule has 27 heavy (non-hydrogen) atoms. The van der Waals surface area contributed by atoms with Crippen molar-refractivity contribution in [1.29, 1.82) is 0 Å². The molecule has 144 valence electrons. The minimum atomic E-state index is -0.443. The molecule has 0 aliphatic rings. The van der Waals surface area contributed by atoms with E-state index in [0.717, 1.165) is 30.0 Å². The Kier molecular flexibility index (Phi) is 7.23. The van der Waals surface area contributed by atoms with E-state index < -0.39 is 5.97 Å². The van der Waals surface area contributed by atoms with Crippen molar-refractivity contribution in [1.82, 2.24) is 0 Å². The Labute approximate surface area is 160 Å². The lowest BCUT2D eigenvalue weighted by molar-refractivity contribution is -0.114. The second-order valence-corrected chi connectivity index (χ2v) is 6.11. The van der Waals surface area contributed by atoms with E-state index in [0.29, 0.717) is 11.3 Å². The summed E-state index contributed by atoms with van der Waals surface area (Å²) >= 11 is 0. The Balaban J connectivity index is 2.02. The molecule has 6 nitrogen and oxygen atoms in total. The number of anilines is 3. The molecule has 0 aromatic heterocycles. The standard InChI is InChI=1S/C21H27N3O3/c1-5-24(6-2)16-11-12-18(15(3)13-16)23-20(25)14-22-19-10-8-7-9-17(19)21(26)27-4/h7-13,22H,5-6,14H2,1-4H3,(H,23,25). The number of carbonyl (C=O) groups is 2. The second-order valence-electron chi connectivity index (χ2n) is 6.11. The zero-order chi connectivity index (χ0) is 19.8. The summed E-state index contributed by atoms with van der Waals surface area (Å²) in [6.45, 7) is 8.13. The molecule has 2 aromatic carbocycles. The van der Waals surface area contributed by atoms with Crippen molar-refractivity contribution in [3.8, 4) is 0 Å². The Hall–Kier alpha value is -3.02. The third-order valence-electron chi connectivity index (χ3n) is 4.38. The molecular formula is C21H27N3O3. The number of hydrogen-bond donors (Lipinski definition) is 2. The zero-order valence-electron chi connectivity index (χ0n) is 16.3. The summed E-state index contributed by atoms with van der Waals surface area (Å²) in [6.07, 6.45) is 0. The molecule has 2 rings (SSSR count). The highest BCUT2D eigenvalue weighted by atomic mass is 16.5. The summed E-state index contributed by atoms with van der Waals surface area (Å²) in [5.74, 6) is -0.630. The molecule has 0 aliphatic carbocycles. The van der Waals surface area contributed by atoms with Crippen LogP contribution in [0, 0.1) is 6.92 Å². The lowest BCUT2D eigenvalue weighted by Crippen LogP contribution is -2.24. The van der Waals surface area contributed by atoms with E-state index in [2.05, 4.69) is 35.4 Å². The van der Waals surface area contributed by atoms with Gasteiger partial charge in [0.2, 0.25) is 5.91 Å². The molecular weight excluding hydrogens is 342 g/mol. The van der Waals surface area contributed by atoms with Gasteiger partial charge in [-0.05, 0) is 56.7 Å². The van der Waals surface area contributed by atoms with Crippen LogP contribution in [0.3, 0.4) is 0 Å². The first kappa shape index (κ1) is 20.3. The first-order chi connectivity index (χ1) is 13.0. The first-order valence-corrected chi connectivity index (χ1v) is 9.06. The molecule has 0 aliphatic heterocycles. The van der Waals surface area contributed by atoms with Gasteiger partial charge in [-0.1, -0.05) is 12.1 Å². The van der Waals surface area contributed by atoms with Crippen LogP contribution < -0.4 is 15.5 Å². The molecule has 0 spiro atoms. The minimum absolute atomic E-state index is 0.0469. The number of amides is 1. The van der Waals surface area contributed by atoms with E-state index in [4.69, 9.17) is 4.74 Å². The quantitative estimate of drug-likeness (QED) is 0.695. The third-order valence-corrected chi connectivity index (χ3v) is 4.38. The molecule has 0 atom stereocenters. The lowest BCUT2D eigenvalue weighted by atomic mass is 10.1. The largest absolute Gasteiger partial charge is 0.465 e. The Bertz CT molecular complexity index is 801. The normalized spacial score (nSPS) is 10.2. The fraction of sp³-hybridized carbons (Fsp3) is 0.333. The third kappa shape index (κ3) is 5.23. The number of rotatable bonds is 8. The minimum Gasteiger partial charge on any atom is -0.465 e. The van der Waals surface area contributed by atoms with Crippen molar-refractivity contribution in [2.75, 3.05) is 42.3 Å². The number of hydrogen-bond acceptors (Lipinski definition) is 5. The number of nitrogens with one attached hydrogen (secondary N) is 2. The number of methoxy groups -OCH3 is 1. The Morgan fingerprint density at radius 2 is 1.74 bits per heavy atom. The van der Waals surface area contributed by atoms with Gasteiger partial charge in [0, 0.05) is 30.2 Å². The summed E-state index contributed by atoms with van der Waals surface area (Å²) in [7, 11) is 1.33. The molecule has 2 aromatic rings. The summed E-state index contributed by atoms with van der Waals surface area (Å²) in [4.78, 5) is 26.4. The van der Waals surface area contributed by atoms with Crippen molar-refractivity contribution in [3.05, 3.63) is 53.6 Å². The number of para-hydroxylation sites is 1. The SMILES string of the molecule is CCN(CC)c1ccc(NC(=O)CNc2ccccc2C(=O)OC)c(C)c1. The zero-order valence-corrected chi connectivity index (χ0v) is 16.3. The van der Waals surface area contributed by atoms with Crippen LogP contribution in [-0.2, 0) is 9.53 Å². The molecule has 0 saturated heterocycles. The van der Waals surface area contributed by atoms with E-state index >= 15 is 0 Å². The molecule has 2 N–H and O–H groups in total. The van der Waals surface area contributed by atoms with Crippen LogP contribution in [-0.4, -0.2) is 38.6 Å². The van der Waals surface area contributed by atoms with Gasteiger partial charge >= 0.3 is 5.97 Å². The Morgan fingerprint density at radius 1 is 1.04 bits per heavy atom. The van der Waals surface area contributed by atoms with Gasteiger partial charge in [0.1, 0.15) is 0 Å². The molecule has 0 heterocycles. The number of ether oxygens (including phenoxy) is 1. The summed E-state index contributed by atoms with van der Waals surface area (Å²) in [6, 6.07) is 12.9. The maximum absolute atomic E-state index is 12.3. The average molecular weight is 369 g/mol. The molecule has 0 bridgehead atoms. The maximum Gasteiger partial charge on any atom is 0.339 e. The van der Waals surface area contributed by atoms with E-state index in [9.17, 15) is 9.59 Å². The predicted octanol–water partition coefficient (Wildman–Crippen LogP) is 3.68. The summed E-state index contributed by atoms with van der Waals surface area (Å²) in [5.41, 5.74) is 3.88. The summed E-state index contributed by atoms with van der Waals surface area (Å²) < 4.78 is 4.76. The van der Waals surface area contributed by atoms with E-state index in [1.165, 1.54) is 7.11 Å². The number of esters is 1. The van der Waals surface area contributed by atoms with Crippen molar-refractivity contribution in [3.63, 3.8) is 0 Å². The van der Waals surface area contributed by atoms with Gasteiger partial charge in [-0.3, -0.25) is 4.79 Å². The van der Waals surface area contributed by atoms with Gasteiger partial charge < -0.3 is 20.3 Å². The van der Waals surface area contributed by atoms with E-state index in [1.54, 1.807) is 24.3 Å². The van der Waals surface area contributed by atoms with Crippen molar-refractivity contribution < 1.29 is 14.3 Å². The number of aryl methyl sites for hydroxylation is 1. The average Bonchev–Trinajstić information content (AvgIpc) is 2.69. The highest BCUT2D eigenvalue weighted by Crippen LogP contribution is 2.23. The molecule has 0 radical (unpaired) electrons. The fourth-order valence-electron chi connectivity index (χ4n) is 2.87. The second kappa shape index (κ2) is 9.62. The van der Waals surface area contributed by atoms with E-state index in [-0.39, 0.29) is 12.5 Å². The highest BCUT2D eigenvalue weighted by molar-refractivity contribution is 5.98. The monoisotopic (exact) mass is 369 g/mol. The molecule has 0 unspecified atom stereocenters. The van der Waals surface area contributed by atoms with E-state index in [1.807, 2.05) is 19.1 Å². The van der Waals surface area contributed by atoms with Gasteiger partial charge in [0.25, 0.3) is 0 Å². The van der Waals surface area contributed by atoms with Crippen LogP contribution >= 0.6 is 0 Å².